The number of piperidine rings is 2. The van der Waals surface area contributed by atoms with Crippen LogP contribution in [-0.4, -0.2) is 81.0 Å². The molecule has 5 fully saturated rings. The van der Waals surface area contributed by atoms with E-state index in [9.17, 15) is 15.0 Å². The first kappa shape index (κ1) is 26.2. The van der Waals surface area contributed by atoms with Crippen molar-refractivity contribution >= 4 is 17.5 Å². The van der Waals surface area contributed by atoms with Gasteiger partial charge in [0.25, 0.3) is 0 Å². The predicted molar refractivity (Wildman–Crippen MR) is 138 cm³/mol. The van der Waals surface area contributed by atoms with Crippen LogP contribution in [0.4, 0.5) is 0 Å². The second-order valence-electron chi connectivity index (χ2n) is 12.1. The zero-order valence-corrected chi connectivity index (χ0v) is 22.4. The van der Waals surface area contributed by atoms with Gasteiger partial charge in [-0.1, -0.05) is 39.5 Å². The Balaban J connectivity index is 1.30. The number of aliphatic hydroxyl groups excluding tert-OH is 2. The normalized spacial score (nSPS) is 45.2. The summed E-state index contributed by atoms with van der Waals surface area (Å²) >= 11 is 6.12. The fraction of sp³-hybridized carbons (Fsp3) is 0.963. The quantitative estimate of drug-likeness (QED) is 0.324. The van der Waals surface area contributed by atoms with E-state index in [1.165, 1.54) is 25.7 Å². The molecule has 3 aliphatic heterocycles. The summed E-state index contributed by atoms with van der Waals surface area (Å²) in [6.07, 6.45) is 10.9. The summed E-state index contributed by atoms with van der Waals surface area (Å²) in [6.45, 7) is 5.73. The van der Waals surface area contributed by atoms with Gasteiger partial charge in [0.15, 0.2) is 0 Å². The van der Waals surface area contributed by atoms with E-state index >= 15 is 0 Å². The largest absolute Gasteiger partial charge is 0.391 e. The molecule has 2 aliphatic carbocycles. The standard InChI is InChI=1S/C27H47ClN4O3/c1-3-6-19-25-20(4-2)31(27(35)18-14-24(34)26(28)29-15-18)12-11-22(25)32(30-19)21-10-9-17(13-23(21)33)16-7-5-8-16/h16-26,29-30,33-34H,3-15H2,1-2H3. The Labute approximate surface area is 216 Å². The van der Waals surface area contributed by atoms with E-state index in [0.717, 1.165) is 51.0 Å². The van der Waals surface area contributed by atoms with Crippen molar-refractivity contribution in [2.45, 2.75) is 126 Å². The van der Waals surface area contributed by atoms with Crippen LogP contribution in [-0.2, 0) is 4.79 Å². The lowest BCUT2D eigenvalue weighted by Gasteiger charge is -2.49. The molecule has 35 heavy (non-hydrogen) atoms. The number of nitrogens with one attached hydrogen (secondary N) is 2. The van der Waals surface area contributed by atoms with E-state index in [4.69, 9.17) is 11.6 Å². The number of halogens is 1. The highest BCUT2D eigenvalue weighted by Gasteiger charge is 2.53. The molecule has 5 aliphatic rings. The van der Waals surface area contributed by atoms with Crippen molar-refractivity contribution in [1.82, 2.24) is 20.7 Å². The van der Waals surface area contributed by atoms with Crippen LogP contribution in [0.15, 0.2) is 0 Å². The molecular weight excluding hydrogens is 464 g/mol. The van der Waals surface area contributed by atoms with Gasteiger partial charge in [0, 0.05) is 37.1 Å². The maximum absolute atomic E-state index is 13.7. The van der Waals surface area contributed by atoms with E-state index < -0.39 is 11.6 Å². The number of alkyl halides is 1. The third-order valence-corrected chi connectivity index (χ3v) is 10.6. The van der Waals surface area contributed by atoms with Gasteiger partial charge in [-0.15, -0.1) is 11.6 Å². The second-order valence-corrected chi connectivity index (χ2v) is 12.6. The van der Waals surface area contributed by atoms with E-state index in [1.807, 2.05) is 0 Å². The van der Waals surface area contributed by atoms with Gasteiger partial charge < -0.3 is 15.1 Å². The van der Waals surface area contributed by atoms with Crippen molar-refractivity contribution < 1.29 is 15.0 Å². The molecule has 0 aromatic heterocycles. The van der Waals surface area contributed by atoms with Crippen molar-refractivity contribution in [3.05, 3.63) is 0 Å². The minimum absolute atomic E-state index is 0.167. The van der Waals surface area contributed by atoms with Crippen LogP contribution in [0.25, 0.3) is 0 Å². The summed E-state index contributed by atoms with van der Waals surface area (Å²) in [5, 5.41) is 27.1. The Kier molecular flexibility index (Phi) is 8.32. The van der Waals surface area contributed by atoms with Gasteiger partial charge in [0.1, 0.15) is 5.50 Å². The smallest absolute Gasteiger partial charge is 0.227 e. The molecule has 0 aromatic rings. The average molecular weight is 511 g/mol. The third-order valence-electron chi connectivity index (χ3n) is 10.2. The summed E-state index contributed by atoms with van der Waals surface area (Å²) < 4.78 is 0. The number of carbonyl (C=O) groups is 1. The molecule has 0 bridgehead atoms. The Morgan fingerprint density at radius 3 is 2.43 bits per heavy atom. The van der Waals surface area contributed by atoms with Gasteiger partial charge in [0.05, 0.1) is 24.2 Å². The number of hydrogen-bond donors (Lipinski definition) is 4. The first-order valence-corrected chi connectivity index (χ1v) is 14.9. The van der Waals surface area contributed by atoms with Gasteiger partial charge >= 0.3 is 0 Å². The third kappa shape index (κ3) is 5.03. The fourth-order valence-corrected chi connectivity index (χ4v) is 8.33. The summed E-state index contributed by atoms with van der Waals surface area (Å²) in [7, 11) is 0. The molecule has 5 rings (SSSR count). The van der Waals surface area contributed by atoms with Crippen molar-refractivity contribution in [3.8, 4) is 0 Å². The van der Waals surface area contributed by atoms with Crippen molar-refractivity contribution in [2.75, 3.05) is 13.1 Å². The number of hydrazine groups is 1. The van der Waals surface area contributed by atoms with Crippen LogP contribution < -0.4 is 10.7 Å². The van der Waals surface area contributed by atoms with Gasteiger partial charge in [-0.05, 0) is 56.8 Å². The Morgan fingerprint density at radius 2 is 1.80 bits per heavy atom. The molecule has 200 valence electrons. The van der Waals surface area contributed by atoms with E-state index in [2.05, 4.69) is 34.5 Å². The van der Waals surface area contributed by atoms with Gasteiger partial charge in [0.2, 0.25) is 5.91 Å². The Hall–Kier alpha value is -0.440. The van der Waals surface area contributed by atoms with Crippen LogP contribution in [0.2, 0.25) is 0 Å². The molecular formula is C27H47ClN4O3. The van der Waals surface area contributed by atoms with Crippen LogP contribution in [0, 0.1) is 23.7 Å². The first-order chi connectivity index (χ1) is 16.9. The maximum Gasteiger partial charge on any atom is 0.227 e. The SMILES string of the molecule is CCCC1NN(C2CCC(C3CCC3)CC2O)C2CCN(C(=O)C3CNC(Cl)C(O)C3)C(CC)C12. The minimum atomic E-state index is -0.690. The number of nitrogens with zero attached hydrogens (tertiary/aromatic N) is 2. The van der Waals surface area contributed by atoms with Crippen LogP contribution >= 0.6 is 11.6 Å². The predicted octanol–water partition coefficient (Wildman–Crippen LogP) is 2.84. The lowest BCUT2D eigenvalue weighted by Crippen LogP contribution is -2.60. The Morgan fingerprint density at radius 1 is 1.00 bits per heavy atom. The topological polar surface area (TPSA) is 88.1 Å². The summed E-state index contributed by atoms with van der Waals surface area (Å²) in [5.41, 5.74) is 3.41. The van der Waals surface area contributed by atoms with Gasteiger partial charge in [-0.25, -0.2) is 5.01 Å². The number of carbonyl (C=O) groups excluding carboxylic acids is 1. The number of fused-ring (bicyclic) bond motifs is 1. The number of hydrogen-bond acceptors (Lipinski definition) is 6. The zero-order valence-electron chi connectivity index (χ0n) is 21.6. The molecule has 7 nitrogen and oxygen atoms in total. The highest BCUT2D eigenvalue weighted by molar-refractivity contribution is 6.20. The zero-order chi connectivity index (χ0) is 24.7. The van der Waals surface area contributed by atoms with Gasteiger partial charge in [-0.3, -0.25) is 15.5 Å². The molecule has 4 N–H and O–H groups in total. The molecule has 3 saturated heterocycles. The van der Waals surface area contributed by atoms with Crippen LogP contribution in [0.3, 0.4) is 0 Å². The molecule has 3 heterocycles. The van der Waals surface area contributed by atoms with Crippen molar-refractivity contribution in [3.63, 3.8) is 0 Å². The lowest BCUT2D eigenvalue weighted by atomic mass is 9.68. The molecule has 0 radical (unpaired) electrons. The van der Waals surface area contributed by atoms with E-state index in [-0.39, 0.29) is 30.0 Å². The molecule has 10 unspecified atom stereocenters. The number of aliphatic hydroxyl groups is 2. The highest BCUT2D eigenvalue weighted by atomic mass is 35.5. The lowest BCUT2D eigenvalue weighted by molar-refractivity contribution is -0.144. The molecule has 0 spiro atoms. The summed E-state index contributed by atoms with van der Waals surface area (Å²) in [6, 6.07) is 1.07. The molecule has 2 saturated carbocycles. The van der Waals surface area contributed by atoms with Crippen molar-refractivity contribution in [2.24, 2.45) is 23.7 Å². The summed E-state index contributed by atoms with van der Waals surface area (Å²) in [4.78, 5) is 15.8. The van der Waals surface area contributed by atoms with Crippen LogP contribution in [0.1, 0.15) is 84.5 Å². The average Bonchev–Trinajstić information content (AvgIpc) is 3.17. The van der Waals surface area contributed by atoms with Crippen molar-refractivity contribution in [1.29, 1.82) is 0 Å². The second kappa shape index (κ2) is 11.1. The van der Waals surface area contributed by atoms with Gasteiger partial charge in [-0.2, -0.15) is 0 Å². The number of likely N-dealkylation sites (tertiary alicyclic amines) is 1. The summed E-state index contributed by atoms with van der Waals surface area (Å²) in [5.74, 6) is 1.87. The molecule has 1 amide bonds. The van der Waals surface area contributed by atoms with E-state index in [0.29, 0.717) is 36.9 Å². The fourth-order valence-electron chi connectivity index (χ4n) is 8.14. The monoisotopic (exact) mass is 510 g/mol. The first-order valence-electron chi connectivity index (χ1n) is 14.5. The maximum atomic E-state index is 13.7. The van der Waals surface area contributed by atoms with E-state index in [1.54, 1.807) is 0 Å². The molecule has 10 atom stereocenters. The molecule has 8 heteroatoms. The number of amides is 1. The molecule has 0 aromatic carbocycles. The minimum Gasteiger partial charge on any atom is -0.391 e. The highest BCUT2D eigenvalue weighted by Crippen LogP contribution is 2.45. The number of rotatable bonds is 6. The Bertz CT molecular complexity index is 739. The van der Waals surface area contributed by atoms with Crippen LogP contribution in [0.5, 0.6) is 0 Å².